The summed E-state index contributed by atoms with van der Waals surface area (Å²) in [6, 6.07) is 0.279. The van der Waals surface area contributed by atoms with Crippen LogP contribution >= 0.6 is 36.4 Å². The van der Waals surface area contributed by atoms with E-state index >= 15 is 0 Å². The highest BCUT2D eigenvalue weighted by molar-refractivity contribution is 6.33. The molecule has 0 fully saturated rings. The Bertz CT molecular complexity index is 568. The molecular formula is C9H10Cl3F3N4. The van der Waals surface area contributed by atoms with E-state index in [1.165, 1.54) is 0 Å². The van der Waals surface area contributed by atoms with E-state index in [4.69, 9.17) is 17.3 Å². The summed E-state index contributed by atoms with van der Waals surface area (Å²) in [6.45, 7) is 1.60. The number of fused-ring (bicyclic) bond motifs is 1. The lowest BCUT2D eigenvalue weighted by atomic mass is 10.2. The van der Waals surface area contributed by atoms with Gasteiger partial charge in [0.05, 0.1) is 16.6 Å². The van der Waals surface area contributed by atoms with Crippen molar-refractivity contribution >= 4 is 42.1 Å². The monoisotopic (exact) mass is 336 g/mol. The highest BCUT2D eigenvalue weighted by Crippen LogP contribution is 2.32. The lowest BCUT2D eigenvalue weighted by molar-refractivity contribution is -0.137. The van der Waals surface area contributed by atoms with Crippen molar-refractivity contribution in [2.45, 2.75) is 19.1 Å². The van der Waals surface area contributed by atoms with Gasteiger partial charge in [-0.25, -0.2) is 0 Å². The number of nitrogens with zero attached hydrogens (tertiary/aromatic N) is 3. The second kappa shape index (κ2) is 6.13. The van der Waals surface area contributed by atoms with Gasteiger partial charge in [-0.1, -0.05) is 11.6 Å². The number of rotatable bonds is 1. The summed E-state index contributed by atoms with van der Waals surface area (Å²) in [5, 5.41) is 7.30. The summed E-state index contributed by atoms with van der Waals surface area (Å²) >= 11 is 5.72. The Kier molecular flexibility index (Phi) is 5.88. The molecule has 2 heterocycles. The van der Waals surface area contributed by atoms with Crippen LogP contribution < -0.4 is 5.73 Å². The fourth-order valence-electron chi connectivity index (χ4n) is 1.44. The first-order chi connectivity index (χ1) is 7.80. The van der Waals surface area contributed by atoms with Crippen molar-refractivity contribution in [3.63, 3.8) is 0 Å². The molecule has 10 heteroatoms. The molecule has 1 atom stereocenters. The van der Waals surface area contributed by atoms with Crippen LogP contribution in [0.3, 0.4) is 0 Å². The molecule has 0 aliphatic carbocycles. The minimum Gasteiger partial charge on any atom is -0.322 e. The van der Waals surface area contributed by atoms with Crippen molar-refractivity contribution in [3.8, 4) is 0 Å². The first-order valence-corrected chi connectivity index (χ1v) is 5.05. The average Bonchev–Trinajstić information content (AvgIpc) is 2.60. The summed E-state index contributed by atoms with van der Waals surface area (Å²) < 4.78 is 38.9. The molecule has 2 aromatic rings. The zero-order chi connectivity index (χ0) is 12.8. The van der Waals surface area contributed by atoms with E-state index in [0.717, 1.165) is 16.7 Å². The number of pyridine rings is 1. The largest absolute Gasteiger partial charge is 0.417 e. The molecule has 0 bridgehead atoms. The second-order valence-electron chi connectivity index (χ2n) is 3.61. The highest BCUT2D eigenvalue weighted by atomic mass is 35.5. The third-order valence-corrected chi connectivity index (χ3v) is 2.50. The number of nitrogens with two attached hydrogens (primary N) is 1. The molecule has 0 aliphatic heterocycles. The van der Waals surface area contributed by atoms with Gasteiger partial charge in [-0.2, -0.15) is 13.2 Å². The fourth-order valence-corrected chi connectivity index (χ4v) is 1.68. The van der Waals surface area contributed by atoms with Gasteiger partial charge >= 0.3 is 6.18 Å². The Balaban J connectivity index is 0.00000162. The lowest BCUT2D eigenvalue weighted by Gasteiger charge is -2.09. The molecule has 0 spiro atoms. The predicted molar refractivity (Wildman–Crippen MR) is 70.1 cm³/mol. The van der Waals surface area contributed by atoms with Crippen LogP contribution in [-0.2, 0) is 6.18 Å². The number of hydrogen-bond donors (Lipinski definition) is 1. The van der Waals surface area contributed by atoms with E-state index in [1.807, 2.05) is 0 Å². The van der Waals surface area contributed by atoms with Gasteiger partial charge in [-0.15, -0.1) is 35.0 Å². The maximum atomic E-state index is 12.6. The molecule has 0 aromatic carbocycles. The molecule has 0 amide bonds. The number of alkyl halides is 3. The first-order valence-electron chi connectivity index (χ1n) is 4.67. The summed E-state index contributed by atoms with van der Waals surface area (Å²) in [5.41, 5.74) is 4.88. The van der Waals surface area contributed by atoms with E-state index in [0.29, 0.717) is 0 Å². The van der Waals surface area contributed by atoms with Crippen LogP contribution in [-0.4, -0.2) is 14.6 Å². The van der Waals surface area contributed by atoms with E-state index in [2.05, 4.69) is 10.2 Å². The molecule has 19 heavy (non-hydrogen) atoms. The topological polar surface area (TPSA) is 56.2 Å². The molecule has 2 N–H and O–H groups in total. The van der Waals surface area contributed by atoms with Gasteiger partial charge in [0, 0.05) is 6.20 Å². The zero-order valence-corrected chi connectivity index (χ0v) is 11.9. The van der Waals surface area contributed by atoms with E-state index < -0.39 is 17.8 Å². The molecule has 2 rings (SSSR count). The van der Waals surface area contributed by atoms with E-state index in [1.54, 1.807) is 6.92 Å². The second-order valence-corrected chi connectivity index (χ2v) is 4.02. The average molecular weight is 338 g/mol. The van der Waals surface area contributed by atoms with Crippen LogP contribution in [0.5, 0.6) is 0 Å². The van der Waals surface area contributed by atoms with Crippen molar-refractivity contribution in [2.24, 2.45) is 5.73 Å². The van der Waals surface area contributed by atoms with E-state index in [9.17, 15) is 13.2 Å². The molecule has 0 aliphatic rings. The number of halogens is 6. The summed E-state index contributed by atoms with van der Waals surface area (Å²) in [5.74, 6) is 0.230. The van der Waals surface area contributed by atoms with Crippen LogP contribution in [0.25, 0.3) is 5.65 Å². The SMILES string of the molecule is C[C@@H](N)c1nnc2c(Cl)cc(C(F)(F)F)cn12.Cl.Cl. The molecule has 0 saturated carbocycles. The van der Waals surface area contributed by atoms with Gasteiger partial charge in [0.1, 0.15) is 0 Å². The van der Waals surface area contributed by atoms with Gasteiger partial charge in [-0.05, 0) is 13.0 Å². The first kappa shape index (κ1) is 18.2. The Labute approximate surface area is 123 Å². The smallest absolute Gasteiger partial charge is 0.322 e. The third-order valence-electron chi connectivity index (χ3n) is 2.22. The highest BCUT2D eigenvalue weighted by Gasteiger charge is 2.32. The maximum Gasteiger partial charge on any atom is 0.417 e. The van der Waals surface area contributed by atoms with Crippen LogP contribution in [0.2, 0.25) is 5.02 Å². The summed E-state index contributed by atoms with van der Waals surface area (Å²) in [6.07, 6.45) is -3.59. The van der Waals surface area contributed by atoms with Crippen molar-refractivity contribution in [1.82, 2.24) is 14.6 Å². The quantitative estimate of drug-likeness (QED) is 0.869. The Morgan fingerprint density at radius 1 is 1.32 bits per heavy atom. The zero-order valence-electron chi connectivity index (χ0n) is 9.48. The molecular weight excluding hydrogens is 327 g/mol. The minimum atomic E-state index is -4.47. The normalized spacial score (nSPS) is 12.7. The van der Waals surface area contributed by atoms with Gasteiger partial charge in [0.2, 0.25) is 0 Å². The van der Waals surface area contributed by atoms with Gasteiger partial charge in [-0.3, -0.25) is 4.40 Å². The maximum absolute atomic E-state index is 12.6. The number of hydrogen-bond acceptors (Lipinski definition) is 3. The molecule has 4 nitrogen and oxygen atoms in total. The molecule has 108 valence electrons. The standard InChI is InChI=1S/C9H8ClF3N4.2ClH/c1-4(14)7-15-16-8-6(10)2-5(3-17(7)8)9(11,12)13;;/h2-4H,14H2,1H3;2*1H/t4-;;/m1../s1. The van der Waals surface area contributed by atoms with Crippen molar-refractivity contribution < 1.29 is 13.2 Å². The van der Waals surface area contributed by atoms with Crippen LogP contribution in [0, 0.1) is 0 Å². The van der Waals surface area contributed by atoms with E-state index in [-0.39, 0.29) is 41.3 Å². The van der Waals surface area contributed by atoms with Crippen molar-refractivity contribution in [3.05, 3.63) is 28.7 Å². The Morgan fingerprint density at radius 2 is 1.89 bits per heavy atom. The predicted octanol–water partition coefficient (Wildman–Crippen LogP) is 3.26. The molecule has 0 radical (unpaired) electrons. The van der Waals surface area contributed by atoms with Gasteiger partial charge in [0.15, 0.2) is 11.5 Å². The summed E-state index contributed by atoms with van der Waals surface area (Å²) in [4.78, 5) is 0. The Morgan fingerprint density at radius 3 is 2.37 bits per heavy atom. The van der Waals surface area contributed by atoms with Gasteiger partial charge in [0.25, 0.3) is 0 Å². The van der Waals surface area contributed by atoms with Crippen molar-refractivity contribution in [1.29, 1.82) is 0 Å². The van der Waals surface area contributed by atoms with Crippen LogP contribution in [0.15, 0.2) is 12.3 Å². The van der Waals surface area contributed by atoms with Crippen molar-refractivity contribution in [2.75, 3.05) is 0 Å². The molecule has 0 unspecified atom stereocenters. The molecule has 2 aromatic heterocycles. The minimum absolute atomic E-state index is 0. The Hall–Kier alpha value is -0.760. The summed E-state index contributed by atoms with van der Waals surface area (Å²) in [7, 11) is 0. The van der Waals surface area contributed by atoms with Crippen LogP contribution in [0.4, 0.5) is 13.2 Å². The van der Waals surface area contributed by atoms with Crippen LogP contribution in [0.1, 0.15) is 24.4 Å². The molecule has 0 saturated heterocycles. The third kappa shape index (κ3) is 3.42. The fraction of sp³-hybridized carbons (Fsp3) is 0.333. The number of aromatic nitrogens is 3. The lowest BCUT2D eigenvalue weighted by Crippen LogP contribution is -2.12. The van der Waals surface area contributed by atoms with Gasteiger partial charge < -0.3 is 5.73 Å².